The van der Waals surface area contributed by atoms with Gasteiger partial charge < -0.3 is 15.5 Å². The number of benzene rings is 2. The summed E-state index contributed by atoms with van der Waals surface area (Å²) in [6, 6.07) is 5.41. The Bertz CT molecular complexity index is 785. The van der Waals surface area contributed by atoms with Crippen molar-refractivity contribution < 1.29 is 24.6 Å². The molecule has 0 aliphatic heterocycles. The van der Waals surface area contributed by atoms with Crippen LogP contribution in [-0.4, -0.2) is 28.1 Å². The predicted molar refractivity (Wildman–Crippen MR) is 77.2 cm³/mol. The Balaban J connectivity index is 2.93. The molecule has 2 rings (SSSR count). The van der Waals surface area contributed by atoms with Crippen LogP contribution < -0.4 is 5.32 Å². The molecule has 0 atom stereocenters. The standard InChI is InChI=1S/C14H10ClNO5/c1-6(17)16-10-5-9(14(20)21)11-7(12(10)15)3-2-4-8(11)13(18)19/h2-5H,1H3,(H,16,17)(H,18,19)(H,20,21). The highest BCUT2D eigenvalue weighted by Gasteiger charge is 2.20. The molecule has 0 aliphatic carbocycles. The molecule has 1 amide bonds. The van der Waals surface area contributed by atoms with Crippen molar-refractivity contribution in [2.75, 3.05) is 5.32 Å². The summed E-state index contributed by atoms with van der Waals surface area (Å²) in [6.45, 7) is 1.26. The number of anilines is 1. The van der Waals surface area contributed by atoms with Gasteiger partial charge in [0.25, 0.3) is 0 Å². The third-order valence-corrected chi connectivity index (χ3v) is 3.27. The van der Waals surface area contributed by atoms with E-state index in [2.05, 4.69) is 5.32 Å². The molecule has 0 unspecified atom stereocenters. The van der Waals surface area contributed by atoms with E-state index in [0.717, 1.165) is 6.07 Å². The maximum absolute atomic E-state index is 11.4. The van der Waals surface area contributed by atoms with Gasteiger partial charge in [0.1, 0.15) is 0 Å². The van der Waals surface area contributed by atoms with Crippen molar-refractivity contribution in [3.63, 3.8) is 0 Å². The quantitative estimate of drug-likeness (QED) is 0.809. The van der Waals surface area contributed by atoms with Crippen LogP contribution in [0.25, 0.3) is 10.8 Å². The predicted octanol–water partition coefficient (Wildman–Crippen LogP) is 2.85. The van der Waals surface area contributed by atoms with Gasteiger partial charge in [0.2, 0.25) is 5.91 Å². The number of carboxylic acids is 2. The first-order chi connectivity index (χ1) is 9.82. The van der Waals surface area contributed by atoms with Gasteiger partial charge in [-0.2, -0.15) is 0 Å². The first kappa shape index (κ1) is 14.8. The minimum absolute atomic E-state index is 0.0246. The summed E-state index contributed by atoms with van der Waals surface area (Å²) in [4.78, 5) is 33.8. The van der Waals surface area contributed by atoms with E-state index in [0.29, 0.717) is 0 Å². The van der Waals surface area contributed by atoms with Gasteiger partial charge in [-0.15, -0.1) is 0 Å². The normalized spacial score (nSPS) is 10.4. The van der Waals surface area contributed by atoms with Gasteiger partial charge in [-0.05, 0) is 12.1 Å². The number of fused-ring (bicyclic) bond motifs is 1. The number of aromatic carboxylic acids is 2. The molecule has 7 heteroatoms. The second kappa shape index (κ2) is 5.41. The van der Waals surface area contributed by atoms with E-state index < -0.39 is 17.8 Å². The molecule has 0 radical (unpaired) electrons. The molecule has 2 aromatic rings. The second-order valence-corrected chi connectivity index (χ2v) is 4.68. The van der Waals surface area contributed by atoms with Gasteiger partial charge in [-0.1, -0.05) is 23.7 Å². The molecule has 0 aromatic heterocycles. The number of hydrogen-bond acceptors (Lipinski definition) is 3. The Kier molecular flexibility index (Phi) is 3.82. The molecule has 108 valence electrons. The van der Waals surface area contributed by atoms with Gasteiger partial charge in [-0.3, -0.25) is 4.79 Å². The summed E-state index contributed by atoms with van der Waals surface area (Å²) in [7, 11) is 0. The van der Waals surface area contributed by atoms with Crippen molar-refractivity contribution >= 4 is 45.9 Å². The fourth-order valence-corrected chi connectivity index (χ4v) is 2.34. The third kappa shape index (κ3) is 2.66. The monoisotopic (exact) mass is 307 g/mol. The fourth-order valence-electron chi connectivity index (χ4n) is 2.08. The van der Waals surface area contributed by atoms with Crippen molar-refractivity contribution in [2.24, 2.45) is 0 Å². The van der Waals surface area contributed by atoms with Crippen LogP contribution in [0, 0.1) is 0 Å². The van der Waals surface area contributed by atoms with Crippen molar-refractivity contribution in [1.82, 2.24) is 0 Å². The molecule has 3 N–H and O–H groups in total. The SMILES string of the molecule is CC(=O)Nc1cc(C(=O)O)c2c(C(=O)O)cccc2c1Cl. The molecule has 0 bridgehead atoms. The first-order valence-electron chi connectivity index (χ1n) is 5.82. The van der Waals surface area contributed by atoms with Crippen molar-refractivity contribution in [2.45, 2.75) is 6.92 Å². The molecule has 0 saturated carbocycles. The molecule has 0 fully saturated rings. The lowest BCUT2D eigenvalue weighted by atomic mass is 9.98. The summed E-state index contributed by atoms with van der Waals surface area (Å²) in [6.07, 6.45) is 0. The lowest BCUT2D eigenvalue weighted by molar-refractivity contribution is -0.114. The van der Waals surface area contributed by atoms with Crippen LogP contribution in [0.15, 0.2) is 24.3 Å². The zero-order valence-corrected chi connectivity index (χ0v) is 11.6. The Hall–Kier alpha value is -2.60. The van der Waals surface area contributed by atoms with Crippen LogP contribution >= 0.6 is 11.6 Å². The van der Waals surface area contributed by atoms with Crippen LogP contribution in [0.4, 0.5) is 5.69 Å². The Morgan fingerprint density at radius 3 is 2.24 bits per heavy atom. The average Bonchev–Trinajstić information content (AvgIpc) is 2.40. The molecule has 21 heavy (non-hydrogen) atoms. The molecule has 0 aliphatic rings. The fraction of sp³-hybridized carbons (Fsp3) is 0.0714. The number of rotatable bonds is 3. The smallest absolute Gasteiger partial charge is 0.336 e. The first-order valence-corrected chi connectivity index (χ1v) is 6.20. The van der Waals surface area contributed by atoms with E-state index in [9.17, 15) is 24.6 Å². The maximum atomic E-state index is 11.4. The molecule has 0 spiro atoms. The lowest BCUT2D eigenvalue weighted by Gasteiger charge is -2.13. The number of carboxylic acid groups (broad SMARTS) is 2. The molecule has 2 aromatic carbocycles. The van der Waals surface area contributed by atoms with Crippen LogP contribution in [0.3, 0.4) is 0 Å². The number of amides is 1. The van der Waals surface area contributed by atoms with Gasteiger partial charge in [0.15, 0.2) is 0 Å². The van der Waals surface area contributed by atoms with Crippen LogP contribution in [0.5, 0.6) is 0 Å². The molecular weight excluding hydrogens is 298 g/mol. The Morgan fingerprint density at radius 2 is 1.71 bits per heavy atom. The maximum Gasteiger partial charge on any atom is 0.336 e. The van der Waals surface area contributed by atoms with E-state index in [1.165, 1.54) is 25.1 Å². The lowest BCUT2D eigenvalue weighted by Crippen LogP contribution is -2.10. The highest BCUT2D eigenvalue weighted by atomic mass is 35.5. The van der Waals surface area contributed by atoms with Crippen LogP contribution in [-0.2, 0) is 4.79 Å². The summed E-state index contributed by atoms with van der Waals surface area (Å²) in [5.74, 6) is -2.98. The van der Waals surface area contributed by atoms with Crippen molar-refractivity contribution in [3.8, 4) is 0 Å². The number of carbonyl (C=O) groups is 3. The van der Waals surface area contributed by atoms with Crippen molar-refractivity contribution in [3.05, 3.63) is 40.4 Å². The average molecular weight is 308 g/mol. The number of hydrogen-bond donors (Lipinski definition) is 3. The van der Waals surface area contributed by atoms with Gasteiger partial charge in [0.05, 0.1) is 21.8 Å². The second-order valence-electron chi connectivity index (χ2n) is 4.31. The minimum atomic E-state index is -1.31. The Morgan fingerprint density at radius 1 is 1.10 bits per heavy atom. The van der Waals surface area contributed by atoms with Gasteiger partial charge in [0, 0.05) is 17.7 Å². The van der Waals surface area contributed by atoms with Crippen LogP contribution in [0.1, 0.15) is 27.6 Å². The summed E-state index contributed by atoms with van der Waals surface area (Å²) < 4.78 is 0. The molecular formula is C14H10ClNO5. The zero-order valence-electron chi connectivity index (χ0n) is 10.8. The number of halogens is 1. The van der Waals surface area contributed by atoms with E-state index in [1.807, 2.05) is 0 Å². The van der Waals surface area contributed by atoms with E-state index in [4.69, 9.17) is 11.6 Å². The highest BCUT2D eigenvalue weighted by molar-refractivity contribution is 6.40. The highest BCUT2D eigenvalue weighted by Crippen LogP contribution is 2.35. The summed E-state index contributed by atoms with van der Waals surface area (Å²) in [5.41, 5.74) is -0.283. The van der Waals surface area contributed by atoms with Crippen molar-refractivity contribution in [1.29, 1.82) is 0 Å². The third-order valence-electron chi connectivity index (χ3n) is 2.87. The number of carbonyl (C=O) groups excluding carboxylic acids is 1. The topological polar surface area (TPSA) is 104 Å². The molecule has 0 saturated heterocycles. The molecule has 0 heterocycles. The van der Waals surface area contributed by atoms with Crippen LogP contribution in [0.2, 0.25) is 5.02 Å². The summed E-state index contributed by atoms with van der Waals surface area (Å²) >= 11 is 6.14. The molecule has 6 nitrogen and oxygen atoms in total. The zero-order chi connectivity index (χ0) is 15.7. The summed E-state index contributed by atoms with van der Waals surface area (Å²) in [5, 5.41) is 21.3. The van der Waals surface area contributed by atoms with Gasteiger partial charge in [-0.25, -0.2) is 9.59 Å². The van der Waals surface area contributed by atoms with E-state index >= 15 is 0 Å². The minimum Gasteiger partial charge on any atom is -0.478 e. The number of nitrogens with one attached hydrogen (secondary N) is 1. The van der Waals surface area contributed by atoms with E-state index in [1.54, 1.807) is 0 Å². The largest absolute Gasteiger partial charge is 0.478 e. The Labute approximate surface area is 123 Å². The van der Waals surface area contributed by atoms with E-state index in [-0.39, 0.29) is 32.6 Å². The van der Waals surface area contributed by atoms with Gasteiger partial charge >= 0.3 is 11.9 Å².